The minimum Gasteiger partial charge on any atom is -0.397 e. The maximum absolute atomic E-state index is 8.80. The number of benzene rings is 1. The molecule has 0 aromatic heterocycles. The summed E-state index contributed by atoms with van der Waals surface area (Å²) in [6.45, 7) is 1.55. The molecule has 0 radical (unpaired) electrons. The van der Waals surface area contributed by atoms with E-state index in [1.54, 1.807) is 23.3 Å². The molecule has 2 N–H and O–H groups in total. The monoisotopic (exact) mass is 203 g/mol. The molecular formula is C11H13N3O. The molecule has 0 amide bonds. The Hall–Kier alpha value is -1.73. The Bertz CT molecular complexity index is 391. The van der Waals surface area contributed by atoms with Gasteiger partial charge < -0.3 is 5.73 Å². The van der Waals surface area contributed by atoms with Gasteiger partial charge >= 0.3 is 0 Å². The van der Waals surface area contributed by atoms with E-state index >= 15 is 0 Å². The highest BCUT2D eigenvalue weighted by atomic mass is 16.7. The van der Waals surface area contributed by atoms with E-state index in [9.17, 15) is 0 Å². The van der Waals surface area contributed by atoms with Crippen molar-refractivity contribution in [3.05, 3.63) is 23.8 Å². The van der Waals surface area contributed by atoms with Crippen molar-refractivity contribution in [1.29, 1.82) is 5.26 Å². The van der Waals surface area contributed by atoms with E-state index in [0.717, 1.165) is 31.7 Å². The van der Waals surface area contributed by atoms with Crippen LogP contribution in [0.15, 0.2) is 18.2 Å². The molecule has 78 valence electrons. The average molecular weight is 203 g/mol. The van der Waals surface area contributed by atoms with Gasteiger partial charge in [-0.05, 0) is 31.0 Å². The van der Waals surface area contributed by atoms with Crippen molar-refractivity contribution in [2.24, 2.45) is 0 Å². The van der Waals surface area contributed by atoms with Crippen molar-refractivity contribution in [3.8, 4) is 6.07 Å². The molecule has 0 atom stereocenters. The average Bonchev–Trinajstić information content (AvgIpc) is 2.31. The highest BCUT2D eigenvalue weighted by Gasteiger charge is 2.14. The second-order valence-corrected chi connectivity index (χ2v) is 3.53. The quantitative estimate of drug-likeness (QED) is 0.705. The van der Waals surface area contributed by atoms with E-state index < -0.39 is 0 Å². The molecular weight excluding hydrogens is 190 g/mol. The van der Waals surface area contributed by atoms with Crippen LogP contribution < -0.4 is 10.8 Å². The Morgan fingerprint density at radius 3 is 2.93 bits per heavy atom. The van der Waals surface area contributed by atoms with E-state index in [1.165, 1.54) is 0 Å². The Labute approximate surface area is 88.8 Å². The van der Waals surface area contributed by atoms with Crippen LogP contribution in [0, 0.1) is 11.3 Å². The van der Waals surface area contributed by atoms with E-state index in [1.807, 2.05) is 0 Å². The summed E-state index contributed by atoms with van der Waals surface area (Å²) in [7, 11) is 0. The molecule has 0 unspecified atom stereocenters. The van der Waals surface area contributed by atoms with Gasteiger partial charge in [0.2, 0.25) is 0 Å². The second-order valence-electron chi connectivity index (χ2n) is 3.53. The molecule has 0 saturated carbocycles. The molecule has 1 heterocycles. The van der Waals surface area contributed by atoms with Crippen LogP contribution in [0.4, 0.5) is 11.4 Å². The van der Waals surface area contributed by atoms with Gasteiger partial charge in [0.1, 0.15) is 0 Å². The van der Waals surface area contributed by atoms with Gasteiger partial charge in [-0.1, -0.05) is 0 Å². The third-order valence-corrected chi connectivity index (χ3v) is 2.43. The number of hydrogen-bond acceptors (Lipinski definition) is 4. The van der Waals surface area contributed by atoms with Gasteiger partial charge in [-0.3, -0.25) is 9.90 Å². The molecule has 1 aliphatic heterocycles. The summed E-state index contributed by atoms with van der Waals surface area (Å²) in [6.07, 6.45) is 2.17. The molecule has 0 bridgehead atoms. The number of rotatable bonds is 1. The minimum atomic E-state index is 0.605. The number of anilines is 2. The van der Waals surface area contributed by atoms with Crippen molar-refractivity contribution < 1.29 is 4.84 Å². The zero-order valence-electron chi connectivity index (χ0n) is 8.44. The third kappa shape index (κ3) is 2.03. The van der Waals surface area contributed by atoms with E-state index in [-0.39, 0.29) is 0 Å². The van der Waals surface area contributed by atoms with Gasteiger partial charge in [0.05, 0.1) is 29.6 Å². The molecule has 1 saturated heterocycles. The summed E-state index contributed by atoms with van der Waals surface area (Å²) in [5.74, 6) is 0. The van der Waals surface area contributed by atoms with Crippen LogP contribution in [-0.4, -0.2) is 13.2 Å². The van der Waals surface area contributed by atoms with Crippen molar-refractivity contribution in [2.45, 2.75) is 12.8 Å². The number of nitriles is 1. The molecule has 1 aliphatic rings. The van der Waals surface area contributed by atoms with Crippen molar-refractivity contribution >= 4 is 11.4 Å². The van der Waals surface area contributed by atoms with Gasteiger partial charge in [0, 0.05) is 6.54 Å². The summed E-state index contributed by atoms with van der Waals surface area (Å²) in [4.78, 5) is 5.49. The highest BCUT2D eigenvalue weighted by Crippen LogP contribution is 2.26. The number of nitrogens with two attached hydrogens (primary N) is 1. The summed E-state index contributed by atoms with van der Waals surface area (Å²) in [5.41, 5.74) is 7.90. The molecule has 15 heavy (non-hydrogen) atoms. The molecule has 2 rings (SSSR count). The summed E-state index contributed by atoms with van der Waals surface area (Å²) in [6, 6.07) is 7.31. The normalized spacial score (nSPS) is 16.1. The molecule has 0 aliphatic carbocycles. The molecule has 1 aromatic rings. The first-order chi connectivity index (χ1) is 7.31. The topological polar surface area (TPSA) is 62.3 Å². The number of nitrogen functional groups attached to an aromatic ring is 1. The van der Waals surface area contributed by atoms with Crippen LogP contribution in [0.2, 0.25) is 0 Å². The fourth-order valence-corrected chi connectivity index (χ4v) is 1.62. The van der Waals surface area contributed by atoms with Gasteiger partial charge in [-0.25, -0.2) is 0 Å². The highest BCUT2D eigenvalue weighted by molar-refractivity contribution is 5.68. The van der Waals surface area contributed by atoms with E-state index in [4.69, 9.17) is 15.8 Å². The lowest BCUT2D eigenvalue weighted by Gasteiger charge is -2.28. The summed E-state index contributed by atoms with van der Waals surface area (Å²) in [5, 5.41) is 10.6. The Kier molecular flexibility index (Phi) is 2.75. The standard InChI is InChI=1S/C11H13N3O/c12-8-9-3-4-10(13)11(7-9)14-5-1-2-6-15-14/h3-4,7H,1-2,5-6,13H2. The van der Waals surface area contributed by atoms with Crippen LogP contribution in [-0.2, 0) is 4.84 Å². The molecule has 1 fully saturated rings. The van der Waals surface area contributed by atoms with Crippen molar-refractivity contribution in [3.63, 3.8) is 0 Å². The maximum Gasteiger partial charge on any atom is 0.0992 e. The lowest BCUT2D eigenvalue weighted by molar-refractivity contribution is 0.0781. The lowest BCUT2D eigenvalue weighted by Crippen LogP contribution is -2.30. The van der Waals surface area contributed by atoms with Crippen LogP contribution in [0.3, 0.4) is 0 Å². The van der Waals surface area contributed by atoms with Crippen LogP contribution in [0.25, 0.3) is 0 Å². The largest absolute Gasteiger partial charge is 0.397 e. The predicted octanol–water partition coefficient (Wildman–Crippen LogP) is 1.67. The second kappa shape index (κ2) is 4.20. The smallest absolute Gasteiger partial charge is 0.0992 e. The Morgan fingerprint density at radius 2 is 2.27 bits per heavy atom. The van der Waals surface area contributed by atoms with Gasteiger partial charge in [0.15, 0.2) is 0 Å². The molecule has 1 aromatic carbocycles. The van der Waals surface area contributed by atoms with Crippen molar-refractivity contribution in [1.82, 2.24) is 0 Å². The Morgan fingerprint density at radius 1 is 1.40 bits per heavy atom. The number of nitrogens with zero attached hydrogens (tertiary/aromatic N) is 2. The first-order valence-corrected chi connectivity index (χ1v) is 5.01. The molecule has 4 heteroatoms. The third-order valence-electron chi connectivity index (χ3n) is 2.43. The molecule has 4 nitrogen and oxygen atoms in total. The summed E-state index contributed by atoms with van der Waals surface area (Å²) < 4.78 is 0. The fraction of sp³-hybridized carbons (Fsp3) is 0.364. The zero-order chi connectivity index (χ0) is 10.7. The Balaban J connectivity index is 2.29. The maximum atomic E-state index is 8.80. The van der Waals surface area contributed by atoms with E-state index in [2.05, 4.69) is 6.07 Å². The van der Waals surface area contributed by atoms with Crippen molar-refractivity contribution in [2.75, 3.05) is 23.9 Å². The van der Waals surface area contributed by atoms with Gasteiger partial charge in [-0.15, -0.1) is 0 Å². The fourth-order valence-electron chi connectivity index (χ4n) is 1.62. The van der Waals surface area contributed by atoms with Gasteiger partial charge in [0.25, 0.3) is 0 Å². The number of hydrogen-bond donors (Lipinski definition) is 1. The zero-order valence-corrected chi connectivity index (χ0v) is 8.44. The van der Waals surface area contributed by atoms with Crippen LogP contribution >= 0.6 is 0 Å². The van der Waals surface area contributed by atoms with Crippen LogP contribution in [0.1, 0.15) is 18.4 Å². The number of hydroxylamine groups is 1. The van der Waals surface area contributed by atoms with Gasteiger partial charge in [-0.2, -0.15) is 5.26 Å². The first-order valence-electron chi connectivity index (χ1n) is 5.01. The summed E-state index contributed by atoms with van der Waals surface area (Å²) >= 11 is 0. The van der Waals surface area contributed by atoms with E-state index in [0.29, 0.717) is 11.3 Å². The minimum absolute atomic E-state index is 0.605. The predicted molar refractivity (Wildman–Crippen MR) is 58.1 cm³/mol. The van der Waals surface area contributed by atoms with Crippen LogP contribution in [0.5, 0.6) is 0 Å². The first kappa shape index (κ1) is 9.81. The lowest BCUT2D eigenvalue weighted by atomic mass is 10.1. The SMILES string of the molecule is N#Cc1ccc(N)c(N2CCCCO2)c1. The molecule has 0 spiro atoms.